The zero-order valence-electron chi connectivity index (χ0n) is 12.6. The van der Waals surface area contributed by atoms with Gasteiger partial charge >= 0.3 is 5.97 Å². The lowest BCUT2D eigenvalue weighted by atomic mass is 9.87. The van der Waals surface area contributed by atoms with Gasteiger partial charge in [-0.15, -0.1) is 0 Å². The van der Waals surface area contributed by atoms with E-state index in [-0.39, 0.29) is 22.7 Å². The molecular weight excluding hydrogens is 318 g/mol. The van der Waals surface area contributed by atoms with Crippen LogP contribution in [0, 0.1) is 0 Å². The maximum Gasteiger partial charge on any atom is 0.356 e. The van der Waals surface area contributed by atoms with Gasteiger partial charge in [0.15, 0.2) is 5.69 Å². The molecule has 0 saturated heterocycles. The van der Waals surface area contributed by atoms with E-state index in [4.69, 9.17) is 16.7 Å². The summed E-state index contributed by atoms with van der Waals surface area (Å²) in [4.78, 5) is 32.8. The minimum absolute atomic E-state index is 0.0959. The van der Waals surface area contributed by atoms with Gasteiger partial charge in [0.25, 0.3) is 5.91 Å². The Hall–Kier alpha value is -2.47. The van der Waals surface area contributed by atoms with Crippen LogP contribution in [0.2, 0.25) is 5.02 Å². The van der Waals surface area contributed by atoms with Gasteiger partial charge in [0.1, 0.15) is 5.69 Å². The minimum Gasteiger partial charge on any atom is -0.476 e. The summed E-state index contributed by atoms with van der Waals surface area (Å²) in [7, 11) is 0. The highest BCUT2D eigenvalue weighted by atomic mass is 35.5. The van der Waals surface area contributed by atoms with Crippen LogP contribution in [-0.2, 0) is 5.41 Å². The maximum absolute atomic E-state index is 12.7. The van der Waals surface area contributed by atoms with Crippen LogP contribution in [0.25, 0.3) is 0 Å². The standard InChI is InChI=1S/C16H14ClN3O3/c1-16(2)8-20(12-5-3-4-9(17)13(12)16)14(21)10-6-19-11(7-18-10)15(22)23/h3-7H,8H2,1-2H3,(H,22,23). The van der Waals surface area contributed by atoms with Crippen molar-refractivity contribution in [2.24, 2.45) is 0 Å². The van der Waals surface area contributed by atoms with Crippen molar-refractivity contribution in [1.29, 1.82) is 0 Å². The number of carbonyl (C=O) groups excluding carboxylic acids is 1. The fourth-order valence-electron chi connectivity index (χ4n) is 2.84. The van der Waals surface area contributed by atoms with Crippen molar-refractivity contribution >= 4 is 29.2 Å². The maximum atomic E-state index is 12.7. The molecule has 1 aliphatic heterocycles. The van der Waals surface area contributed by atoms with Crippen LogP contribution < -0.4 is 4.90 Å². The van der Waals surface area contributed by atoms with Crippen molar-refractivity contribution in [3.63, 3.8) is 0 Å². The van der Waals surface area contributed by atoms with E-state index in [0.29, 0.717) is 11.6 Å². The number of carbonyl (C=O) groups is 2. The molecule has 0 unspecified atom stereocenters. The number of anilines is 1. The van der Waals surface area contributed by atoms with Crippen molar-refractivity contribution in [2.75, 3.05) is 11.4 Å². The second kappa shape index (κ2) is 5.31. The van der Waals surface area contributed by atoms with Gasteiger partial charge in [-0.3, -0.25) is 4.79 Å². The van der Waals surface area contributed by atoms with Gasteiger partial charge in [-0.25, -0.2) is 14.8 Å². The number of benzene rings is 1. The molecule has 2 heterocycles. The van der Waals surface area contributed by atoms with E-state index in [2.05, 4.69) is 9.97 Å². The number of aromatic carboxylic acids is 1. The van der Waals surface area contributed by atoms with Gasteiger partial charge in [0.2, 0.25) is 0 Å². The molecule has 6 nitrogen and oxygen atoms in total. The van der Waals surface area contributed by atoms with Gasteiger partial charge in [0, 0.05) is 28.2 Å². The number of hydrogen-bond acceptors (Lipinski definition) is 4. The number of carboxylic acids is 1. The number of amides is 1. The Labute approximate surface area is 137 Å². The summed E-state index contributed by atoms with van der Waals surface area (Å²) < 4.78 is 0. The Bertz CT molecular complexity index is 803. The number of rotatable bonds is 2. The van der Waals surface area contributed by atoms with E-state index in [0.717, 1.165) is 17.4 Å². The summed E-state index contributed by atoms with van der Waals surface area (Å²) in [6.45, 7) is 4.50. The fourth-order valence-corrected chi connectivity index (χ4v) is 3.26. The first-order valence-corrected chi connectivity index (χ1v) is 7.35. The molecule has 0 aliphatic carbocycles. The summed E-state index contributed by atoms with van der Waals surface area (Å²) in [5, 5.41) is 9.46. The molecule has 1 N–H and O–H groups in total. The Balaban J connectivity index is 1.99. The van der Waals surface area contributed by atoms with Gasteiger partial charge in [-0.05, 0) is 12.1 Å². The zero-order valence-corrected chi connectivity index (χ0v) is 13.3. The number of nitrogens with zero attached hydrogens (tertiary/aromatic N) is 3. The third-order valence-electron chi connectivity index (χ3n) is 3.85. The summed E-state index contributed by atoms with van der Waals surface area (Å²) in [6.07, 6.45) is 2.26. The molecule has 1 aromatic heterocycles. The SMILES string of the molecule is CC1(C)CN(C(=O)c2cnc(C(=O)O)cn2)c2cccc(Cl)c21. The lowest BCUT2D eigenvalue weighted by Gasteiger charge is -2.20. The van der Waals surface area contributed by atoms with E-state index in [1.165, 1.54) is 6.20 Å². The molecule has 0 atom stereocenters. The van der Waals surface area contributed by atoms with Crippen molar-refractivity contribution in [3.8, 4) is 0 Å². The Morgan fingerprint density at radius 3 is 2.48 bits per heavy atom. The van der Waals surface area contributed by atoms with Gasteiger partial charge in [-0.1, -0.05) is 31.5 Å². The minimum atomic E-state index is -1.18. The van der Waals surface area contributed by atoms with E-state index in [9.17, 15) is 9.59 Å². The van der Waals surface area contributed by atoms with Crippen LogP contribution in [-0.4, -0.2) is 33.5 Å². The molecule has 1 amide bonds. The van der Waals surface area contributed by atoms with Crippen LogP contribution >= 0.6 is 11.6 Å². The van der Waals surface area contributed by atoms with Crippen molar-refractivity contribution in [3.05, 3.63) is 52.6 Å². The smallest absolute Gasteiger partial charge is 0.356 e. The first-order valence-electron chi connectivity index (χ1n) is 6.97. The predicted molar refractivity (Wildman–Crippen MR) is 85.1 cm³/mol. The lowest BCUT2D eigenvalue weighted by Crippen LogP contribution is -2.34. The number of fused-ring (bicyclic) bond motifs is 1. The molecule has 3 rings (SSSR count). The average Bonchev–Trinajstić information content (AvgIpc) is 2.79. The molecule has 1 aliphatic rings. The van der Waals surface area contributed by atoms with Crippen molar-refractivity contribution in [1.82, 2.24) is 9.97 Å². The number of hydrogen-bond donors (Lipinski definition) is 1. The van der Waals surface area contributed by atoms with Crippen molar-refractivity contribution < 1.29 is 14.7 Å². The molecule has 0 bridgehead atoms. The summed E-state index contributed by atoms with van der Waals surface area (Å²) in [5.41, 5.74) is 1.28. The second-order valence-corrected chi connectivity index (χ2v) is 6.41. The third kappa shape index (κ3) is 2.55. The third-order valence-corrected chi connectivity index (χ3v) is 4.16. The number of aromatic nitrogens is 2. The Morgan fingerprint density at radius 2 is 1.87 bits per heavy atom. The van der Waals surface area contributed by atoms with E-state index >= 15 is 0 Å². The van der Waals surface area contributed by atoms with Crippen LogP contribution in [0.4, 0.5) is 5.69 Å². The van der Waals surface area contributed by atoms with Crippen LogP contribution in [0.15, 0.2) is 30.6 Å². The highest BCUT2D eigenvalue weighted by Crippen LogP contribution is 2.44. The van der Waals surface area contributed by atoms with E-state index in [1.807, 2.05) is 19.9 Å². The molecule has 0 spiro atoms. The molecule has 118 valence electrons. The molecule has 23 heavy (non-hydrogen) atoms. The number of halogens is 1. The molecule has 0 radical (unpaired) electrons. The van der Waals surface area contributed by atoms with Crippen LogP contribution in [0.5, 0.6) is 0 Å². The Kier molecular flexibility index (Phi) is 3.56. The first kappa shape index (κ1) is 15.4. The topological polar surface area (TPSA) is 83.4 Å². The molecule has 0 fully saturated rings. The largest absolute Gasteiger partial charge is 0.476 e. The Morgan fingerprint density at radius 1 is 1.22 bits per heavy atom. The number of carboxylic acid groups (broad SMARTS) is 1. The summed E-state index contributed by atoms with van der Waals surface area (Å²) >= 11 is 6.29. The normalized spacial score (nSPS) is 15.3. The van der Waals surface area contributed by atoms with Crippen LogP contribution in [0.3, 0.4) is 0 Å². The lowest BCUT2D eigenvalue weighted by molar-refractivity contribution is 0.0689. The quantitative estimate of drug-likeness (QED) is 0.914. The van der Waals surface area contributed by atoms with E-state index < -0.39 is 5.97 Å². The van der Waals surface area contributed by atoms with Gasteiger partial charge in [0.05, 0.1) is 12.4 Å². The van der Waals surface area contributed by atoms with Gasteiger partial charge < -0.3 is 10.0 Å². The molecule has 0 saturated carbocycles. The van der Waals surface area contributed by atoms with Crippen molar-refractivity contribution in [2.45, 2.75) is 19.3 Å². The fraction of sp³-hybridized carbons (Fsp3) is 0.250. The highest BCUT2D eigenvalue weighted by Gasteiger charge is 2.40. The summed E-state index contributed by atoms with van der Waals surface area (Å²) in [6, 6.07) is 5.44. The first-order chi connectivity index (χ1) is 10.8. The molecular formula is C16H14ClN3O3. The second-order valence-electron chi connectivity index (χ2n) is 6.00. The monoisotopic (exact) mass is 331 g/mol. The average molecular weight is 332 g/mol. The summed E-state index contributed by atoms with van der Waals surface area (Å²) in [5.74, 6) is -1.51. The van der Waals surface area contributed by atoms with Gasteiger partial charge in [-0.2, -0.15) is 0 Å². The molecule has 1 aromatic carbocycles. The molecule has 7 heteroatoms. The predicted octanol–water partition coefficient (Wildman–Crippen LogP) is 2.77. The zero-order chi connectivity index (χ0) is 16.8. The van der Waals surface area contributed by atoms with E-state index in [1.54, 1.807) is 17.0 Å². The van der Waals surface area contributed by atoms with Crippen LogP contribution in [0.1, 0.15) is 40.4 Å². The molecule has 2 aromatic rings. The highest BCUT2D eigenvalue weighted by molar-refractivity contribution is 6.32.